The van der Waals surface area contributed by atoms with Gasteiger partial charge < -0.3 is 9.64 Å². The van der Waals surface area contributed by atoms with Gasteiger partial charge in [-0.05, 0) is 38.2 Å². The Bertz CT molecular complexity index is 425. The molecule has 1 aliphatic heterocycles. The smallest absolute Gasteiger partial charge is 0.119 e. The van der Waals surface area contributed by atoms with Crippen LogP contribution in [0.25, 0.3) is 0 Å². The van der Waals surface area contributed by atoms with E-state index >= 15 is 0 Å². The molecule has 3 nitrogen and oxygen atoms in total. The normalized spacial score (nSPS) is 18.9. The van der Waals surface area contributed by atoms with E-state index in [1.807, 2.05) is 0 Å². The molecule has 0 aromatic heterocycles. The minimum atomic E-state index is 0.603. The maximum Gasteiger partial charge on any atom is 0.119 e. The van der Waals surface area contributed by atoms with Crippen LogP contribution in [0.3, 0.4) is 0 Å². The van der Waals surface area contributed by atoms with Gasteiger partial charge in [0.25, 0.3) is 0 Å². The highest BCUT2D eigenvalue weighted by Crippen LogP contribution is 2.18. The van der Waals surface area contributed by atoms with Gasteiger partial charge in [0.15, 0.2) is 0 Å². The quantitative estimate of drug-likeness (QED) is 0.711. The third-order valence-electron chi connectivity index (χ3n) is 3.70. The van der Waals surface area contributed by atoms with Crippen molar-refractivity contribution < 1.29 is 4.74 Å². The Kier molecular flexibility index (Phi) is 5.62. The van der Waals surface area contributed by atoms with Gasteiger partial charge in [-0.15, -0.1) is 0 Å². The van der Waals surface area contributed by atoms with E-state index in [9.17, 15) is 0 Å². The van der Waals surface area contributed by atoms with Crippen molar-refractivity contribution in [2.45, 2.75) is 25.9 Å². The molecule has 2 rings (SSSR count). The second-order valence-corrected chi connectivity index (χ2v) is 5.63. The number of ether oxygens (including phenoxy) is 1. The van der Waals surface area contributed by atoms with Crippen LogP contribution in [0.4, 0.5) is 0 Å². The van der Waals surface area contributed by atoms with E-state index in [-0.39, 0.29) is 0 Å². The van der Waals surface area contributed by atoms with Crippen LogP contribution in [0.5, 0.6) is 5.75 Å². The Morgan fingerprint density at radius 2 is 2.00 bits per heavy atom. The molecule has 1 aromatic carbocycles. The van der Waals surface area contributed by atoms with Crippen LogP contribution in [-0.2, 0) is 6.54 Å². The second kappa shape index (κ2) is 7.46. The molecule has 20 heavy (non-hydrogen) atoms. The molecule has 0 aliphatic carbocycles. The van der Waals surface area contributed by atoms with E-state index in [1.54, 1.807) is 0 Å². The van der Waals surface area contributed by atoms with Gasteiger partial charge in [0.2, 0.25) is 0 Å². The molecule has 0 N–H and O–H groups in total. The van der Waals surface area contributed by atoms with E-state index in [0.717, 1.165) is 32.0 Å². The van der Waals surface area contributed by atoms with Gasteiger partial charge in [0.05, 0.1) is 0 Å². The van der Waals surface area contributed by atoms with Crippen molar-refractivity contribution >= 4 is 0 Å². The second-order valence-electron chi connectivity index (χ2n) is 5.63. The van der Waals surface area contributed by atoms with Gasteiger partial charge >= 0.3 is 0 Å². The first-order valence-corrected chi connectivity index (χ1v) is 7.46. The summed E-state index contributed by atoms with van der Waals surface area (Å²) < 4.78 is 5.72. The predicted octanol–water partition coefficient (Wildman–Crippen LogP) is 2.78. The molecule has 0 saturated carbocycles. The van der Waals surface area contributed by atoms with Crippen molar-refractivity contribution in [1.29, 1.82) is 0 Å². The van der Waals surface area contributed by atoms with Crippen LogP contribution in [-0.4, -0.2) is 49.6 Å². The summed E-state index contributed by atoms with van der Waals surface area (Å²) in [6, 6.07) is 9.11. The SMILES string of the molecule is CCC1C=CCN1Cc1ccc(OCCN(C)C)cc1. The fourth-order valence-electron chi connectivity index (χ4n) is 2.46. The Hall–Kier alpha value is -1.32. The lowest BCUT2D eigenvalue weighted by molar-refractivity contribution is 0.256. The highest BCUT2D eigenvalue weighted by molar-refractivity contribution is 5.27. The standard InChI is InChI=1S/C17H26N2O/c1-4-16-6-5-11-19(16)14-15-7-9-17(10-8-15)20-13-12-18(2)3/h5-10,16H,4,11-14H2,1-3H3. The predicted molar refractivity (Wildman–Crippen MR) is 84.1 cm³/mol. The molecule has 1 unspecified atom stereocenters. The maximum atomic E-state index is 5.72. The van der Waals surface area contributed by atoms with E-state index in [0.29, 0.717) is 6.04 Å². The summed E-state index contributed by atoms with van der Waals surface area (Å²) in [5.41, 5.74) is 1.35. The van der Waals surface area contributed by atoms with Gasteiger partial charge in [0, 0.05) is 25.7 Å². The van der Waals surface area contributed by atoms with Gasteiger partial charge in [-0.1, -0.05) is 31.2 Å². The minimum Gasteiger partial charge on any atom is -0.492 e. The van der Waals surface area contributed by atoms with Crippen molar-refractivity contribution in [1.82, 2.24) is 9.80 Å². The molecule has 110 valence electrons. The molecule has 0 bridgehead atoms. The molecule has 0 fully saturated rings. The fraction of sp³-hybridized carbons (Fsp3) is 0.529. The molecule has 1 heterocycles. The Labute approximate surface area is 122 Å². The van der Waals surface area contributed by atoms with Crippen LogP contribution < -0.4 is 4.74 Å². The molecule has 0 amide bonds. The average molecular weight is 274 g/mol. The van der Waals surface area contributed by atoms with Crippen LogP contribution in [0.1, 0.15) is 18.9 Å². The van der Waals surface area contributed by atoms with Gasteiger partial charge in [-0.2, -0.15) is 0 Å². The number of nitrogens with zero attached hydrogens (tertiary/aromatic N) is 2. The first-order valence-electron chi connectivity index (χ1n) is 7.46. The summed E-state index contributed by atoms with van der Waals surface area (Å²) in [6.07, 6.45) is 5.77. The van der Waals surface area contributed by atoms with Crippen LogP contribution in [0.2, 0.25) is 0 Å². The van der Waals surface area contributed by atoms with E-state index in [4.69, 9.17) is 4.74 Å². The van der Waals surface area contributed by atoms with Gasteiger partial charge in [-0.3, -0.25) is 4.90 Å². The lowest BCUT2D eigenvalue weighted by Crippen LogP contribution is -2.28. The first kappa shape index (κ1) is 15.1. The number of likely N-dealkylation sites (N-methyl/N-ethyl adjacent to an activating group) is 1. The fourth-order valence-corrected chi connectivity index (χ4v) is 2.46. The van der Waals surface area contributed by atoms with E-state index in [2.05, 4.69) is 67.2 Å². The Morgan fingerprint density at radius 3 is 2.65 bits per heavy atom. The summed E-state index contributed by atoms with van der Waals surface area (Å²) in [5, 5.41) is 0. The molecule has 0 radical (unpaired) electrons. The van der Waals surface area contributed by atoms with Crippen molar-refractivity contribution in [2.24, 2.45) is 0 Å². The summed E-state index contributed by atoms with van der Waals surface area (Å²) in [4.78, 5) is 4.63. The van der Waals surface area contributed by atoms with Crippen molar-refractivity contribution in [2.75, 3.05) is 33.8 Å². The Balaban J connectivity index is 1.82. The highest BCUT2D eigenvalue weighted by Gasteiger charge is 2.17. The molecule has 3 heteroatoms. The third kappa shape index (κ3) is 4.36. The van der Waals surface area contributed by atoms with Crippen LogP contribution in [0.15, 0.2) is 36.4 Å². The highest BCUT2D eigenvalue weighted by atomic mass is 16.5. The Morgan fingerprint density at radius 1 is 1.25 bits per heavy atom. The summed E-state index contributed by atoms with van der Waals surface area (Å²) >= 11 is 0. The number of hydrogen-bond donors (Lipinski definition) is 0. The monoisotopic (exact) mass is 274 g/mol. The van der Waals surface area contributed by atoms with E-state index in [1.165, 1.54) is 12.0 Å². The number of benzene rings is 1. The van der Waals surface area contributed by atoms with Crippen molar-refractivity contribution in [3.05, 3.63) is 42.0 Å². The topological polar surface area (TPSA) is 15.7 Å². The van der Waals surface area contributed by atoms with Crippen molar-refractivity contribution in [3.63, 3.8) is 0 Å². The van der Waals surface area contributed by atoms with Crippen molar-refractivity contribution in [3.8, 4) is 5.75 Å². The molecule has 0 spiro atoms. The molecule has 1 aromatic rings. The number of rotatable bonds is 7. The zero-order chi connectivity index (χ0) is 14.4. The maximum absolute atomic E-state index is 5.72. The van der Waals surface area contributed by atoms with E-state index < -0.39 is 0 Å². The van der Waals surface area contributed by atoms with Crippen LogP contribution in [0, 0.1) is 0 Å². The summed E-state index contributed by atoms with van der Waals surface area (Å²) in [6.45, 7) is 6.01. The summed E-state index contributed by atoms with van der Waals surface area (Å²) in [7, 11) is 4.11. The van der Waals surface area contributed by atoms with Gasteiger partial charge in [-0.25, -0.2) is 0 Å². The zero-order valence-electron chi connectivity index (χ0n) is 12.9. The van der Waals surface area contributed by atoms with Gasteiger partial charge in [0.1, 0.15) is 12.4 Å². The minimum absolute atomic E-state index is 0.603. The molecule has 0 saturated heterocycles. The van der Waals surface area contributed by atoms with Crippen LogP contribution >= 0.6 is 0 Å². The lowest BCUT2D eigenvalue weighted by Gasteiger charge is -2.23. The lowest BCUT2D eigenvalue weighted by atomic mass is 10.1. The first-order chi connectivity index (χ1) is 9.69. The summed E-state index contributed by atoms with van der Waals surface area (Å²) in [5.74, 6) is 0.960. The third-order valence-corrected chi connectivity index (χ3v) is 3.70. The molecule has 1 aliphatic rings. The zero-order valence-corrected chi connectivity index (χ0v) is 12.9. The molecular formula is C17H26N2O. The number of hydrogen-bond acceptors (Lipinski definition) is 3. The largest absolute Gasteiger partial charge is 0.492 e. The average Bonchev–Trinajstić information content (AvgIpc) is 2.87. The molecular weight excluding hydrogens is 248 g/mol. The molecule has 1 atom stereocenters.